The van der Waals surface area contributed by atoms with Gasteiger partial charge >= 0.3 is 0 Å². The fourth-order valence-corrected chi connectivity index (χ4v) is 2.63. The molecule has 0 aliphatic rings. The van der Waals surface area contributed by atoms with Crippen molar-refractivity contribution in [1.29, 1.82) is 0 Å². The van der Waals surface area contributed by atoms with E-state index in [9.17, 15) is 4.79 Å². The fourth-order valence-electron chi connectivity index (χ4n) is 1.67. The summed E-state index contributed by atoms with van der Waals surface area (Å²) in [6, 6.07) is 11.4. The van der Waals surface area contributed by atoms with E-state index in [-0.39, 0.29) is 5.56 Å². The third-order valence-corrected chi connectivity index (χ3v) is 3.40. The molecule has 4 heteroatoms. The quantitative estimate of drug-likeness (QED) is 0.696. The highest BCUT2D eigenvalue weighted by atomic mass is 32.1. The third kappa shape index (κ3) is 1.44. The molecule has 0 fully saturated rings. The summed E-state index contributed by atoms with van der Waals surface area (Å²) in [5.41, 5.74) is 1.69. The SMILES string of the molecule is O=c1ccc(-c2csc3ccccc23)n[nH]1. The summed E-state index contributed by atoms with van der Waals surface area (Å²) in [6.07, 6.45) is 0. The Morgan fingerprint density at radius 3 is 2.81 bits per heavy atom. The summed E-state index contributed by atoms with van der Waals surface area (Å²) >= 11 is 1.68. The first-order valence-corrected chi connectivity index (χ1v) is 5.75. The van der Waals surface area contributed by atoms with Crippen LogP contribution in [0.5, 0.6) is 0 Å². The predicted octanol–water partition coefficient (Wildman–Crippen LogP) is 2.65. The molecule has 1 N–H and O–H groups in total. The number of H-pyrrole nitrogens is 1. The second kappa shape index (κ2) is 3.57. The maximum atomic E-state index is 10.9. The molecule has 3 aromatic rings. The van der Waals surface area contributed by atoms with Gasteiger partial charge in [0.25, 0.3) is 5.56 Å². The monoisotopic (exact) mass is 228 g/mol. The molecule has 78 valence electrons. The normalized spacial score (nSPS) is 10.8. The highest BCUT2D eigenvalue weighted by Crippen LogP contribution is 2.31. The molecule has 1 aromatic carbocycles. The predicted molar refractivity (Wildman–Crippen MR) is 65.7 cm³/mol. The molecular weight excluding hydrogens is 220 g/mol. The van der Waals surface area contributed by atoms with E-state index in [0.29, 0.717) is 0 Å². The van der Waals surface area contributed by atoms with Crippen molar-refractivity contribution in [2.75, 3.05) is 0 Å². The van der Waals surface area contributed by atoms with Crippen LogP contribution >= 0.6 is 11.3 Å². The van der Waals surface area contributed by atoms with E-state index < -0.39 is 0 Å². The molecule has 0 bridgehead atoms. The molecule has 0 aliphatic carbocycles. The van der Waals surface area contributed by atoms with Gasteiger partial charge in [-0.25, -0.2) is 5.10 Å². The van der Waals surface area contributed by atoms with Crippen LogP contribution in [0.25, 0.3) is 21.3 Å². The zero-order valence-electron chi connectivity index (χ0n) is 8.31. The van der Waals surface area contributed by atoms with E-state index in [2.05, 4.69) is 27.7 Å². The van der Waals surface area contributed by atoms with Crippen LogP contribution in [0.3, 0.4) is 0 Å². The summed E-state index contributed by atoms with van der Waals surface area (Å²) < 4.78 is 1.23. The molecule has 2 heterocycles. The van der Waals surface area contributed by atoms with Gasteiger partial charge in [0.05, 0.1) is 5.69 Å². The minimum atomic E-state index is -0.178. The summed E-state index contributed by atoms with van der Waals surface area (Å²) in [5, 5.41) is 9.73. The van der Waals surface area contributed by atoms with E-state index >= 15 is 0 Å². The van der Waals surface area contributed by atoms with Crippen molar-refractivity contribution >= 4 is 21.4 Å². The van der Waals surface area contributed by atoms with Gasteiger partial charge in [-0.3, -0.25) is 4.79 Å². The summed E-state index contributed by atoms with van der Waals surface area (Å²) in [7, 11) is 0. The van der Waals surface area contributed by atoms with Crippen molar-refractivity contribution < 1.29 is 0 Å². The number of aromatic nitrogens is 2. The average Bonchev–Trinajstić information content (AvgIpc) is 2.74. The van der Waals surface area contributed by atoms with Gasteiger partial charge in [0.2, 0.25) is 0 Å². The topological polar surface area (TPSA) is 45.8 Å². The van der Waals surface area contributed by atoms with Gasteiger partial charge in [-0.15, -0.1) is 11.3 Å². The van der Waals surface area contributed by atoms with Crippen molar-refractivity contribution in [3.05, 3.63) is 52.1 Å². The van der Waals surface area contributed by atoms with Crippen LogP contribution in [0.1, 0.15) is 0 Å². The highest BCUT2D eigenvalue weighted by molar-refractivity contribution is 7.17. The average molecular weight is 228 g/mol. The molecule has 0 unspecified atom stereocenters. The van der Waals surface area contributed by atoms with Crippen LogP contribution in [0.4, 0.5) is 0 Å². The molecular formula is C12H8N2OS. The molecule has 0 amide bonds. The van der Waals surface area contributed by atoms with Gasteiger partial charge in [-0.2, -0.15) is 5.10 Å². The van der Waals surface area contributed by atoms with Crippen LogP contribution < -0.4 is 5.56 Å². The first-order chi connectivity index (χ1) is 7.84. The van der Waals surface area contributed by atoms with E-state index in [0.717, 1.165) is 11.3 Å². The minimum Gasteiger partial charge on any atom is -0.268 e. The molecule has 0 saturated heterocycles. The standard InChI is InChI=1S/C12H8N2OS/c15-12-6-5-10(13-14-12)9-7-16-11-4-2-1-3-8(9)11/h1-7H,(H,14,15). The van der Waals surface area contributed by atoms with Gasteiger partial charge in [-0.05, 0) is 12.1 Å². The maximum Gasteiger partial charge on any atom is 0.264 e. The smallest absolute Gasteiger partial charge is 0.264 e. The van der Waals surface area contributed by atoms with Crippen LogP contribution in [0.15, 0.2) is 46.6 Å². The van der Waals surface area contributed by atoms with Gasteiger partial charge in [0.1, 0.15) is 0 Å². The molecule has 0 radical (unpaired) electrons. The Hall–Kier alpha value is -1.94. The van der Waals surface area contributed by atoms with Crippen LogP contribution in [0.2, 0.25) is 0 Å². The molecule has 2 aromatic heterocycles. The number of benzene rings is 1. The van der Waals surface area contributed by atoms with E-state index in [1.165, 1.54) is 16.2 Å². The lowest BCUT2D eigenvalue weighted by Crippen LogP contribution is -2.05. The van der Waals surface area contributed by atoms with Crippen molar-refractivity contribution in [1.82, 2.24) is 10.2 Å². The van der Waals surface area contributed by atoms with Crippen molar-refractivity contribution in [2.24, 2.45) is 0 Å². The number of thiophene rings is 1. The molecule has 0 aliphatic heterocycles. The van der Waals surface area contributed by atoms with Gasteiger partial charge in [-0.1, -0.05) is 18.2 Å². The lowest BCUT2D eigenvalue weighted by Gasteiger charge is -1.96. The molecule has 16 heavy (non-hydrogen) atoms. The maximum absolute atomic E-state index is 10.9. The Kier molecular flexibility index (Phi) is 2.08. The number of nitrogens with one attached hydrogen (secondary N) is 1. The highest BCUT2D eigenvalue weighted by Gasteiger charge is 2.06. The van der Waals surface area contributed by atoms with Crippen LogP contribution in [-0.4, -0.2) is 10.2 Å². The van der Waals surface area contributed by atoms with Gasteiger partial charge in [0, 0.05) is 27.1 Å². The number of hydrogen-bond acceptors (Lipinski definition) is 3. The van der Waals surface area contributed by atoms with Gasteiger partial charge < -0.3 is 0 Å². The summed E-state index contributed by atoms with van der Waals surface area (Å²) in [5.74, 6) is 0. The third-order valence-electron chi connectivity index (χ3n) is 2.44. The second-order valence-electron chi connectivity index (χ2n) is 3.45. The summed E-state index contributed by atoms with van der Waals surface area (Å²) in [4.78, 5) is 10.9. The van der Waals surface area contributed by atoms with E-state index in [4.69, 9.17) is 0 Å². The Labute approximate surface area is 95.4 Å². The van der Waals surface area contributed by atoms with Crippen molar-refractivity contribution in [3.63, 3.8) is 0 Å². The second-order valence-corrected chi connectivity index (χ2v) is 4.36. The lowest BCUT2D eigenvalue weighted by atomic mass is 10.1. The Morgan fingerprint density at radius 2 is 2.00 bits per heavy atom. The number of hydrogen-bond donors (Lipinski definition) is 1. The Balaban J connectivity index is 2.26. The number of fused-ring (bicyclic) bond motifs is 1. The molecule has 3 nitrogen and oxygen atoms in total. The van der Waals surface area contributed by atoms with Crippen LogP contribution in [0, 0.1) is 0 Å². The zero-order valence-corrected chi connectivity index (χ0v) is 9.12. The zero-order chi connectivity index (χ0) is 11.0. The first kappa shape index (κ1) is 9.30. The van der Waals surface area contributed by atoms with E-state index in [1.807, 2.05) is 12.1 Å². The number of rotatable bonds is 1. The fraction of sp³-hybridized carbons (Fsp3) is 0. The largest absolute Gasteiger partial charge is 0.268 e. The summed E-state index contributed by atoms with van der Waals surface area (Å²) in [6.45, 7) is 0. The molecule has 0 saturated carbocycles. The first-order valence-electron chi connectivity index (χ1n) is 4.87. The number of nitrogens with zero attached hydrogens (tertiary/aromatic N) is 1. The van der Waals surface area contributed by atoms with Crippen molar-refractivity contribution in [3.8, 4) is 11.3 Å². The van der Waals surface area contributed by atoms with E-state index in [1.54, 1.807) is 17.4 Å². The Bertz CT molecular complexity index is 679. The molecule has 0 spiro atoms. The van der Waals surface area contributed by atoms with Crippen LogP contribution in [-0.2, 0) is 0 Å². The number of aromatic amines is 1. The molecule has 3 rings (SSSR count). The molecule has 0 atom stereocenters. The lowest BCUT2D eigenvalue weighted by molar-refractivity contribution is 0.997. The minimum absolute atomic E-state index is 0.178. The Morgan fingerprint density at radius 1 is 1.12 bits per heavy atom. The van der Waals surface area contributed by atoms with Crippen molar-refractivity contribution in [2.45, 2.75) is 0 Å². The van der Waals surface area contributed by atoms with Gasteiger partial charge in [0.15, 0.2) is 0 Å².